The second kappa shape index (κ2) is 16.9. The van der Waals surface area contributed by atoms with Crippen LogP contribution in [-0.4, -0.2) is 19.1 Å². The Balaban J connectivity index is 1.09. The Labute approximate surface area is 407 Å². The van der Waals surface area contributed by atoms with Crippen LogP contribution in [0.1, 0.15) is 11.1 Å². The molecule has 0 atom stereocenters. The summed E-state index contributed by atoms with van der Waals surface area (Å²) in [5, 5.41) is 4.84. The lowest BCUT2D eigenvalue weighted by molar-refractivity contribution is 1.15. The first-order chi connectivity index (χ1) is 34.6. The van der Waals surface area contributed by atoms with Crippen molar-refractivity contribution in [2.75, 3.05) is 0 Å². The monoisotopic (exact) mass is 894 g/mol. The fourth-order valence-corrected chi connectivity index (χ4v) is 10.7. The molecule has 13 aromatic rings. The van der Waals surface area contributed by atoms with Crippen LogP contribution < -0.4 is 0 Å². The number of aromatic nitrogens is 4. The van der Waals surface area contributed by atoms with Gasteiger partial charge in [-0.3, -0.25) is 0 Å². The van der Waals surface area contributed by atoms with Gasteiger partial charge in [0.2, 0.25) is 0 Å². The summed E-state index contributed by atoms with van der Waals surface area (Å²) in [6, 6.07) is 87.5. The Morgan fingerprint density at radius 1 is 0.271 bits per heavy atom. The van der Waals surface area contributed by atoms with Crippen LogP contribution in [0, 0.1) is 13.8 Å². The number of hydrogen-bond acceptors (Lipinski definition) is 2. The first kappa shape index (κ1) is 41.1. The second-order valence-electron chi connectivity index (χ2n) is 18.2. The Bertz CT molecular complexity index is 4080. The van der Waals surface area contributed by atoms with Gasteiger partial charge in [-0.15, -0.1) is 0 Å². The molecule has 0 aliphatic heterocycles. The topological polar surface area (TPSA) is 35.6 Å². The molecule has 10 aromatic carbocycles. The molecule has 0 spiro atoms. The summed E-state index contributed by atoms with van der Waals surface area (Å²) in [6.45, 7) is 4.38. The molecular formula is C66H46N4. The maximum Gasteiger partial charge on any atom is 0.160 e. The van der Waals surface area contributed by atoms with Crippen molar-refractivity contribution in [1.82, 2.24) is 19.1 Å². The fraction of sp³-hybridized carbons (Fsp3) is 0.0303. The normalized spacial score (nSPS) is 11.6. The zero-order chi connectivity index (χ0) is 46.7. The maximum atomic E-state index is 5.34. The Kier molecular flexibility index (Phi) is 9.91. The summed E-state index contributed by atoms with van der Waals surface area (Å²) in [4.78, 5) is 10.7. The molecule has 70 heavy (non-hydrogen) atoms. The van der Waals surface area contributed by atoms with E-state index in [1.54, 1.807) is 0 Å². The summed E-state index contributed by atoms with van der Waals surface area (Å²) in [6.07, 6.45) is 0. The summed E-state index contributed by atoms with van der Waals surface area (Å²) < 4.78 is 4.91. The van der Waals surface area contributed by atoms with Crippen LogP contribution in [0.25, 0.3) is 122 Å². The molecular weight excluding hydrogens is 849 g/mol. The molecule has 0 aliphatic rings. The zero-order valence-electron chi connectivity index (χ0n) is 38.9. The lowest BCUT2D eigenvalue weighted by Gasteiger charge is -2.20. The van der Waals surface area contributed by atoms with E-state index in [0.717, 1.165) is 72.6 Å². The molecule has 3 heterocycles. The van der Waals surface area contributed by atoms with Crippen LogP contribution in [0.4, 0.5) is 0 Å². The average Bonchev–Trinajstić information content (AvgIpc) is 3.93. The number of fused-ring (bicyclic) bond motifs is 6. The van der Waals surface area contributed by atoms with Crippen molar-refractivity contribution in [2.24, 2.45) is 0 Å². The average molecular weight is 895 g/mol. The van der Waals surface area contributed by atoms with E-state index in [1.165, 1.54) is 54.9 Å². The van der Waals surface area contributed by atoms with Gasteiger partial charge in [-0.1, -0.05) is 176 Å². The van der Waals surface area contributed by atoms with Gasteiger partial charge < -0.3 is 9.13 Å². The maximum absolute atomic E-state index is 5.34. The molecule has 330 valence electrons. The summed E-state index contributed by atoms with van der Waals surface area (Å²) in [5.41, 5.74) is 21.1. The number of hydrogen-bond donors (Lipinski definition) is 0. The van der Waals surface area contributed by atoms with E-state index in [1.807, 2.05) is 12.1 Å². The molecule has 0 aliphatic carbocycles. The van der Waals surface area contributed by atoms with E-state index in [0.29, 0.717) is 5.82 Å². The SMILES string of the molecule is Cc1ccccc1-c1ccc2c(c1)c1ccccc1n2-c1ccccc1-c1cc(-c2nc(-c3ccccc3)cc(-c3ccccc3)n2)ccc1-n1c2ccccc2c2cc(-c3ccccc3C)ccc21. The third kappa shape index (κ3) is 6.92. The minimum absolute atomic E-state index is 0.663. The van der Waals surface area contributed by atoms with Gasteiger partial charge in [0.05, 0.1) is 44.8 Å². The summed E-state index contributed by atoms with van der Waals surface area (Å²) >= 11 is 0. The highest BCUT2D eigenvalue weighted by Gasteiger charge is 2.23. The minimum Gasteiger partial charge on any atom is -0.309 e. The van der Waals surface area contributed by atoms with Crippen molar-refractivity contribution in [3.05, 3.63) is 254 Å². The molecule has 0 fully saturated rings. The minimum atomic E-state index is 0.663. The van der Waals surface area contributed by atoms with Gasteiger partial charge in [-0.05, 0) is 114 Å². The van der Waals surface area contributed by atoms with Gasteiger partial charge in [0.25, 0.3) is 0 Å². The standard InChI is InChI=1S/C66H46N4/c1-43-19-9-11-25-50(43)47-33-36-63-55(39-47)52-27-13-16-30-60(52)69(63)61-31-17-15-29-54(61)57-41-49(66-67-58(45-21-5-3-6-22-45)42-59(68-66)46-23-7-4-8-24-46)35-38-65(57)70-62-32-18-14-28-53(62)56-40-48(34-37-64(56)70)51-26-12-10-20-44(51)2/h3-42H,1-2H3. The van der Waals surface area contributed by atoms with E-state index in [2.05, 4.69) is 254 Å². The smallest absolute Gasteiger partial charge is 0.160 e. The van der Waals surface area contributed by atoms with E-state index >= 15 is 0 Å². The molecule has 0 saturated heterocycles. The third-order valence-electron chi connectivity index (χ3n) is 14.1. The van der Waals surface area contributed by atoms with Crippen LogP contribution in [0.15, 0.2) is 243 Å². The van der Waals surface area contributed by atoms with Gasteiger partial charge in [-0.2, -0.15) is 0 Å². The number of nitrogens with zero attached hydrogens (tertiary/aromatic N) is 4. The van der Waals surface area contributed by atoms with Gasteiger partial charge in [0, 0.05) is 49.4 Å². The lowest BCUT2D eigenvalue weighted by Crippen LogP contribution is -2.03. The number of benzene rings is 10. The van der Waals surface area contributed by atoms with E-state index in [4.69, 9.17) is 9.97 Å². The highest BCUT2D eigenvalue weighted by molar-refractivity contribution is 6.13. The first-order valence-electron chi connectivity index (χ1n) is 24.0. The summed E-state index contributed by atoms with van der Waals surface area (Å²) in [5.74, 6) is 0.663. The molecule has 0 amide bonds. The van der Waals surface area contributed by atoms with Gasteiger partial charge in [0.1, 0.15) is 0 Å². The molecule has 0 bridgehead atoms. The van der Waals surface area contributed by atoms with Gasteiger partial charge in [-0.25, -0.2) is 9.97 Å². The quantitative estimate of drug-likeness (QED) is 0.152. The van der Waals surface area contributed by atoms with Crippen molar-refractivity contribution >= 4 is 43.6 Å². The molecule has 13 rings (SSSR count). The van der Waals surface area contributed by atoms with Crippen molar-refractivity contribution in [3.8, 4) is 78.7 Å². The highest BCUT2D eigenvalue weighted by Crippen LogP contribution is 2.44. The number of rotatable bonds is 8. The first-order valence-corrected chi connectivity index (χ1v) is 24.0. The molecule has 0 unspecified atom stereocenters. The Morgan fingerprint density at radius 3 is 1.21 bits per heavy atom. The highest BCUT2D eigenvalue weighted by atomic mass is 15.0. The fourth-order valence-electron chi connectivity index (χ4n) is 10.7. The molecule has 0 saturated carbocycles. The van der Waals surface area contributed by atoms with E-state index < -0.39 is 0 Å². The van der Waals surface area contributed by atoms with Crippen LogP contribution >= 0.6 is 0 Å². The van der Waals surface area contributed by atoms with Crippen LogP contribution in [0.2, 0.25) is 0 Å². The van der Waals surface area contributed by atoms with Crippen molar-refractivity contribution in [3.63, 3.8) is 0 Å². The number of para-hydroxylation sites is 3. The summed E-state index contributed by atoms with van der Waals surface area (Å²) in [7, 11) is 0. The molecule has 3 aromatic heterocycles. The number of aryl methyl sites for hydroxylation is 2. The molecule has 0 N–H and O–H groups in total. The molecule has 4 heteroatoms. The van der Waals surface area contributed by atoms with Crippen LogP contribution in [0.3, 0.4) is 0 Å². The van der Waals surface area contributed by atoms with Crippen LogP contribution in [0.5, 0.6) is 0 Å². The van der Waals surface area contributed by atoms with E-state index in [-0.39, 0.29) is 0 Å². The van der Waals surface area contributed by atoms with Gasteiger partial charge in [0.15, 0.2) is 5.82 Å². The predicted molar refractivity (Wildman–Crippen MR) is 293 cm³/mol. The van der Waals surface area contributed by atoms with Crippen LogP contribution in [-0.2, 0) is 0 Å². The van der Waals surface area contributed by atoms with Crippen molar-refractivity contribution < 1.29 is 0 Å². The van der Waals surface area contributed by atoms with E-state index in [9.17, 15) is 0 Å². The molecule has 0 radical (unpaired) electrons. The largest absolute Gasteiger partial charge is 0.309 e. The Morgan fingerprint density at radius 2 is 0.686 bits per heavy atom. The third-order valence-corrected chi connectivity index (χ3v) is 14.1. The molecule has 4 nitrogen and oxygen atoms in total. The second-order valence-corrected chi connectivity index (χ2v) is 18.2. The Hall–Kier alpha value is -9.12. The van der Waals surface area contributed by atoms with Crippen molar-refractivity contribution in [2.45, 2.75) is 13.8 Å². The predicted octanol–water partition coefficient (Wildman–Crippen LogP) is 17.3. The van der Waals surface area contributed by atoms with Gasteiger partial charge >= 0.3 is 0 Å². The van der Waals surface area contributed by atoms with Crippen molar-refractivity contribution in [1.29, 1.82) is 0 Å². The lowest BCUT2D eigenvalue weighted by atomic mass is 9.97. The zero-order valence-corrected chi connectivity index (χ0v) is 38.9.